The van der Waals surface area contributed by atoms with E-state index in [1.54, 1.807) is 12.2 Å². The van der Waals surface area contributed by atoms with Gasteiger partial charge in [-0.05, 0) is 16.3 Å². The molecule has 0 radical (unpaired) electrons. The highest BCUT2D eigenvalue weighted by Gasteiger charge is 2.28. The first-order valence-corrected chi connectivity index (χ1v) is 11.1. The Balaban J connectivity index is 1.86. The number of aromatic hydroxyl groups is 3. The Bertz CT molecular complexity index is 1490. The number of hydrogen-bond acceptors (Lipinski definition) is 3. The lowest BCUT2D eigenvalue weighted by molar-refractivity contribution is 0.454. The molecule has 0 fully saturated rings. The quantitative estimate of drug-likeness (QED) is 0.245. The van der Waals surface area contributed by atoms with E-state index in [-0.39, 0.29) is 17.2 Å². The molecule has 0 aromatic heterocycles. The summed E-state index contributed by atoms with van der Waals surface area (Å²) in [6.07, 6.45) is 3.25. The lowest BCUT2D eigenvalue weighted by atomic mass is 9.80. The van der Waals surface area contributed by atoms with Gasteiger partial charge in [-0.15, -0.1) is 0 Å². The normalized spacial score (nSPS) is 11.2. The molecule has 0 atom stereocenters. The van der Waals surface area contributed by atoms with Crippen molar-refractivity contribution in [2.75, 3.05) is 0 Å². The van der Waals surface area contributed by atoms with Gasteiger partial charge in [0.2, 0.25) is 0 Å². The Morgan fingerprint density at radius 2 is 1.00 bits per heavy atom. The minimum atomic E-state index is -0.633. The van der Waals surface area contributed by atoms with Gasteiger partial charge in [-0.1, -0.05) is 110 Å². The molecule has 0 saturated carbocycles. The van der Waals surface area contributed by atoms with Gasteiger partial charge in [0.1, 0.15) is 17.2 Å². The lowest BCUT2D eigenvalue weighted by Gasteiger charge is -2.24. The monoisotopic (exact) mass is 444 g/mol. The molecular weight excluding hydrogens is 420 g/mol. The van der Waals surface area contributed by atoms with Crippen LogP contribution in [-0.4, -0.2) is 15.3 Å². The highest BCUT2D eigenvalue weighted by Crippen LogP contribution is 2.48. The second-order valence-electron chi connectivity index (χ2n) is 8.30. The fourth-order valence-corrected chi connectivity index (χ4v) is 4.78. The molecule has 5 aromatic rings. The fraction of sp³-hybridized carbons (Fsp3) is 0.0323. The van der Waals surface area contributed by atoms with Crippen LogP contribution in [0.4, 0.5) is 0 Å². The Morgan fingerprint density at radius 1 is 0.529 bits per heavy atom. The largest absolute Gasteiger partial charge is 0.507 e. The van der Waals surface area contributed by atoms with E-state index in [9.17, 15) is 15.3 Å². The fourth-order valence-electron chi connectivity index (χ4n) is 4.78. The van der Waals surface area contributed by atoms with Crippen LogP contribution in [0.5, 0.6) is 17.2 Å². The van der Waals surface area contributed by atoms with Gasteiger partial charge in [-0.2, -0.15) is 0 Å². The molecule has 0 aliphatic rings. The summed E-state index contributed by atoms with van der Waals surface area (Å²) in [7, 11) is 0. The van der Waals surface area contributed by atoms with E-state index in [1.807, 2.05) is 84.9 Å². The van der Waals surface area contributed by atoms with Crippen molar-refractivity contribution in [2.45, 2.75) is 5.92 Å². The van der Waals surface area contributed by atoms with E-state index < -0.39 is 5.92 Å². The number of benzene rings is 5. The third-order valence-electron chi connectivity index (χ3n) is 6.50. The predicted octanol–water partition coefficient (Wildman–Crippen LogP) is 7.58. The number of rotatable bonds is 5. The van der Waals surface area contributed by atoms with E-state index in [1.165, 1.54) is 0 Å². The molecule has 0 spiro atoms. The minimum Gasteiger partial charge on any atom is -0.507 e. The van der Waals surface area contributed by atoms with Gasteiger partial charge in [-0.3, -0.25) is 0 Å². The summed E-state index contributed by atoms with van der Waals surface area (Å²) in [6, 6.07) is 26.5. The van der Waals surface area contributed by atoms with Crippen molar-refractivity contribution in [3.63, 3.8) is 0 Å². The van der Waals surface area contributed by atoms with E-state index in [2.05, 4.69) is 13.2 Å². The van der Waals surface area contributed by atoms with Crippen LogP contribution in [0, 0.1) is 0 Å². The SMILES string of the molecule is C=Cc1ccc(C(c2ccc3ccccc3c2O)c2ccc3ccccc3c2O)c(O)c1C=C. The zero-order valence-corrected chi connectivity index (χ0v) is 18.6. The van der Waals surface area contributed by atoms with Crippen LogP contribution < -0.4 is 0 Å². The predicted molar refractivity (Wildman–Crippen MR) is 140 cm³/mol. The minimum absolute atomic E-state index is 0.0394. The van der Waals surface area contributed by atoms with Crippen LogP contribution >= 0.6 is 0 Å². The summed E-state index contributed by atoms with van der Waals surface area (Å²) < 4.78 is 0. The first kappa shape index (κ1) is 21.4. The maximum absolute atomic E-state index is 11.4. The zero-order chi connectivity index (χ0) is 23.8. The molecule has 0 amide bonds. The summed E-state index contributed by atoms with van der Waals surface area (Å²) >= 11 is 0. The average Bonchev–Trinajstić information content (AvgIpc) is 2.87. The molecule has 0 bridgehead atoms. The maximum Gasteiger partial charge on any atom is 0.127 e. The first-order chi connectivity index (χ1) is 16.5. The Kier molecular flexibility index (Phi) is 5.31. The van der Waals surface area contributed by atoms with Crippen molar-refractivity contribution < 1.29 is 15.3 Å². The Morgan fingerprint density at radius 3 is 1.50 bits per heavy atom. The van der Waals surface area contributed by atoms with Gasteiger partial charge < -0.3 is 15.3 Å². The van der Waals surface area contributed by atoms with Gasteiger partial charge >= 0.3 is 0 Å². The molecule has 34 heavy (non-hydrogen) atoms. The van der Waals surface area contributed by atoms with Crippen molar-refractivity contribution >= 4 is 33.7 Å². The van der Waals surface area contributed by atoms with Crippen molar-refractivity contribution in [3.8, 4) is 17.2 Å². The summed E-state index contributed by atoms with van der Waals surface area (Å²) in [4.78, 5) is 0. The molecule has 0 aliphatic heterocycles. The molecule has 5 rings (SSSR count). The molecule has 0 aliphatic carbocycles. The molecule has 3 heteroatoms. The Hall–Kier alpha value is -4.50. The lowest BCUT2D eigenvalue weighted by Crippen LogP contribution is -2.06. The van der Waals surface area contributed by atoms with Crippen LogP contribution in [0.3, 0.4) is 0 Å². The number of phenols is 3. The van der Waals surface area contributed by atoms with Gasteiger partial charge in [-0.25, -0.2) is 0 Å². The second-order valence-corrected chi connectivity index (χ2v) is 8.30. The first-order valence-electron chi connectivity index (χ1n) is 11.1. The van der Waals surface area contributed by atoms with E-state index in [0.29, 0.717) is 33.0 Å². The van der Waals surface area contributed by atoms with Gasteiger partial charge in [0.25, 0.3) is 0 Å². The molecule has 5 aromatic carbocycles. The van der Waals surface area contributed by atoms with Crippen LogP contribution in [-0.2, 0) is 0 Å². The van der Waals surface area contributed by atoms with Crippen LogP contribution in [0.1, 0.15) is 33.7 Å². The van der Waals surface area contributed by atoms with Gasteiger partial charge in [0.05, 0.1) is 0 Å². The molecule has 3 N–H and O–H groups in total. The highest BCUT2D eigenvalue weighted by molar-refractivity contribution is 5.92. The standard InChI is InChI=1S/C31H24O3/c1-3-19-13-16-25(29(32)22(19)4-2)28(26-17-14-20-9-5-7-11-23(20)30(26)33)27-18-15-21-10-6-8-12-24(21)31(27)34/h3-18,28,32-34H,1-2H2. The summed E-state index contributed by atoms with van der Waals surface area (Å²) in [5.74, 6) is -0.365. The van der Waals surface area contributed by atoms with E-state index in [4.69, 9.17) is 0 Å². The number of fused-ring (bicyclic) bond motifs is 2. The van der Waals surface area contributed by atoms with Gasteiger partial charge in [0.15, 0.2) is 0 Å². The maximum atomic E-state index is 11.4. The van der Waals surface area contributed by atoms with E-state index in [0.717, 1.165) is 16.3 Å². The number of hydrogen-bond donors (Lipinski definition) is 3. The average molecular weight is 445 g/mol. The molecular formula is C31H24O3. The third kappa shape index (κ3) is 3.30. The third-order valence-corrected chi connectivity index (χ3v) is 6.50. The molecule has 0 heterocycles. The zero-order valence-electron chi connectivity index (χ0n) is 18.6. The highest BCUT2D eigenvalue weighted by atomic mass is 16.3. The van der Waals surface area contributed by atoms with Gasteiger partial charge in [0, 0.05) is 38.9 Å². The molecule has 0 unspecified atom stereocenters. The Labute approximate surface area is 198 Å². The number of phenolic OH excluding ortho intramolecular Hbond substituents is 3. The van der Waals surface area contributed by atoms with Crippen LogP contribution in [0.25, 0.3) is 33.7 Å². The molecule has 166 valence electrons. The molecule has 3 nitrogen and oxygen atoms in total. The molecule has 0 saturated heterocycles. The van der Waals surface area contributed by atoms with Crippen LogP contribution in [0.15, 0.2) is 98.1 Å². The summed E-state index contributed by atoms with van der Waals surface area (Å²) in [6.45, 7) is 7.69. The second kappa shape index (κ2) is 8.45. The smallest absolute Gasteiger partial charge is 0.127 e. The van der Waals surface area contributed by atoms with E-state index >= 15 is 0 Å². The van der Waals surface area contributed by atoms with Crippen molar-refractivity contribution in [1.82, 2.24) is 0 Å². The summed E-state index contributed by atoms with van der Waals surface area (Å²) in [5.41, 5.74) is 3.03. The van der Waals surface area contributed by atoms with Crippen LogP contribution in [0.2, 0.25) is 0 Å². The topological polar surface area (TPSA) is 60.7 Å². The summed E-state index contributed by atoms with van der Waals surface area (Å²) in [5, 5.41) is 37.3. The van der Waals surface area contributed by atoms with Crippen molar-refractivity contribution in [2.24, 2.45) is 0 Å². The van der Waals surface area contributed by atoms with Crippen molar-refractivity contribution in [1.29, 1.82) is 0 Å². The van der Waals surface area contributed by atoms with Crippen molar-refractivity contribution in [3.05, 3.63) is 126 Å².